The van der Waals surface area contributed by atoms with Gasteiger partial charge in [-0.15, -0.1) is 0 Å². The Morgan fingerprint density at radius 3 is 2.93 bits per heavy atom. The van der Waals surface area contributed by atoms with E-state index in [1.165, 1.54) is 6.33 Å². The van der Waals surface area contributed by atoms with Crippen LogP contribution in [0.3, 0.4) is 0 Å². The minimum absolute atomic E-state index is 0.00783. The van der Waals surface area contributed by atoms with Crippen LogP contribution in [0, 0.1) is 5.92 Å². The largest absolute Gasteiger partial charge is 0.390 e. The van der Waals surface area contributed by atoms with Gasteiger partial charge in [0.1, 0.15) is 24.1 Å². The highest BCUT2D eigenvalue weighted by molar-refractivity contribution is 5.83. The Hall–Kier alpha value is -2.23. The molecule has 9 heteroatoms. The van der Waals surface area contributed by atoms with Gasteiger partial charge in [-0.2, -0.15) is 5.10 Å². The number of rotatable bonds is 2. The molecule has 0 radical (unpaired) electrons. The Labute approximate surface area is 169 Å². The first kappa shape index (κ1) is 18.8. The number of carbonyl (C=O) groups excluding carboxylic acids is 1. The molecule has 0 aromatic carbocycles. The van der Waals surface area contributed by atoms with Crippen LogP contribution in [0.2, 0.25) is 0 Å². The molecule has 2 aromatic rings. The van der Waals surface area contributed by atoms with Crippen LogP contribution >= 0.6 is 0 Å². The molecule has 5 rings (SSSR count). The molecule has 3 fully saturated rings. The second kappa shape index (κ2) is 6.93. The number of nitrogens with two attached hydrogens (primary N) is 1. The van der Waals surface area contributed by atoms with E-state index in [0.29, 0.717) is 17.0 Å². The number of aliphatic hydroxyl groups excluding tert-OH is 1. The van der Waals surface area contributed by atoms with Crippen LogP contribution in [0.5, 0.6) is 0 Å². The Kier molecular flexibility index (Phi) is 4.49. The van der Waals surface area contributed by atoms with Crippen molar-refractivity contribution in [3.05, 3.63) is 24.2 Å². The summed E-state index contributed by atoms with van der Waals surface area (Å²) in [6.07, 6.45) is 3.31. The number of fused-ring (bicyclic) bond motifs is 1. The molecule has 4 N–H and O–H groups in total. The smallest absolute Gasteiger partial charge is 0.252 e. The predicted molar refractivity (Wildman–Crippen MR) is 106 cm³/mol. The second-order valence-electron chi connectivity index (χ2n) is 8.60. The Morgan fingerprint density at radius 2 is 2.14 bits per heavy atom. The van der Waals surface area contributed by atoms with Crippen LogP contribution < -0.4 is 11.1 Å². The highest BCUT2D eigenvalue weighted by atomic mass is 16.5. The van der Waals surface area contributed by atoms with Gasteiger partial charge in [0.05, 0.1) is 11.8 Å². The van der Waals surface area contributed by atoms with Crippen molar-refractivity contribution in [2.24, 2.45) is 5.92 Å². The maximum atomic E-state index is 13.5. The normalized spacial score (nSPS) is 31.7. The van der Waals surface area contributed by atoms with Gasteiger partial charge in [0.25, 0.3) is 5.91 Å². The number of ether oxygens (including phenoxy) is 1. The fourth-order valence-electron chi connectivity index (χ4n) is 5.38. The lowest BCUT2D eigenvalue weighted by Gasteiger charge is -2.43. The number of hydrogen-bond donors (Lipinski definition) is 3. The molecule has 0 saturated carbocycles. The molecule has 4 atom stereocenters. The summed E-state index contributed by atoms with van der Waals surface area (Å²) in [5.74, 6) is 0.0642. The number of nitrogen functional groups attached to an aromatic ring is 1. The van der Waals surface area contributed by atoms with Crippen molar-refractivity contribution < 1.29 is 14.6 Å². The summed E-state index contributed by atoms with van der Waals surface area (Å²) in [5.41, 5.74) is 7.21. The van der Waals surface area contributed by atoms with Crippen molar-refractivity contribution in [3.63, 3.8) is 0 Å². The number of aromatic nitrogens is 3. The van der Waals surface area contributed by atoms with Crippen LogP contribution in [-0.4, -0.2) is 67.9 Å². The Morgan fingerprint density at radius 1 is 1.34 bits per heavy atom. The fraction of sp³-hybridized carbons (Fsp3) is 0.650. The molecule has 1 spiro atoms. The SMILES string of the molecule is C[C@H]1[C@@H](O)[C@H](c2ccc3c(N)ncnn23)O[C@@H]1C(=O)N1CCCC12CCNCC2. The summed E-state index contributed by atoms with van der Waals surface area (Å²) in [7, 11) is 0. The van der Waals surface area contributed by atoms with Gasteiger partial charge in [0.15, 0.2) is 5.82 Å². The summed E-state index contributed by atoms with van der Waals surface area (Å²) >= 11 is 0. The lowest BCUT2D eigenvalue weighted by molar-refractivity contribution is -0.150. The van der Waals surface area contributed by atoms with Crippen molar-refractivity contribution in [2.45, 2.75) is 56.5 Å². The predicted octanol–water partition coefficient (Wildman–Crippen LogP) is 0.493. The average molecular weight is 400 g/mol. The number of anilines is 1. The van der Waals surface area contributed by atoms with E-state index in [-0.39, 0.29) is 17.4 Å². The van der Waals surface area contributed by atoms with Crippen LogP contribution in [0.1, 0.15) is 44.4 Å². The molecule has 3 aliphatic heterocycles. The summed E-state index contributed by atoms with van der Waals surface area (Å²) in [6.45, 7) is 4.53. The molecular formula is C20H28N6O3. The van der Waals surface area contributed by atoms with Gasteiger partial charge in [-0.3, -0.25) is 4.79 Å². The van der Waals surface area contributed by atoms with E-state index in [2.05, 4.69) is 15.4 Å². The van der Waals surface area contributed by atoms with Crippen LogP contribution in [0.4, 0.5) is 5.82 Å². The first-order chi connectivity index (χ1) is 14.0. The van der Waals surface area contributed by atoms with E-state index in [4.69, 9.17) is 10.5 Å². The van der Waals surface area contributed by atoms with Gasteiger partial charge in [-0.1, -0.05) is 6.92 Å². The zero-order valence-electron chi connectivity index (χ0n) is 16.6. The highest BCUT2D eigenvalue weighted by Gasteiger charge is 2.52. The van der Waals surface area contributed by atoms with Crippen molar-refractivity contribution in [1.82, 2.24) is 24.8 Å². The van der Waals surface area contributed by atoms with E-state index in [1.807, 2.05) is 24.0 Å². The van der Waals surface area contributed by atoms with Gasteiger partial charge in [0.2, 0.25) is 0 Å². The lowest BCUT2D eigenvalue weighted by Crippen LogP contribution is -2.56. The van der Waals surface area contributed by atoms with Crippen molar-refractivity contribution in [1.29, 1.82) is 0 Å². The van der Waals surface area contributed by atoms with E-state index in [1.54, 1.807) is 4.52 Å². The number of piperidine rings is 1. The van der Waals surface area contributed by atoms with Gasteiger partial charge in [0, 0.05) is 18.0 Å². The molecule has 156 valence electrons. The molecule has 3 saturated heterocycles. The summed E-state index contributed by atoms with van der Waals surface area (Å²) in [6, 6.07) is 3.64. The second-order valence-corrected chi connectivity index (χ2v) is 8.60. The summed E-state index contributed by atoms with van der Waals surface area (Å²) < 4.78 is 7.85. The molecule has 29 heavy (non-hydrogen) atoms. The standard InChI is InChI=1S/C20H28N6O3/c1-12-15(27)17(13-3-4-14-18(21)23-11-24-26(13)14)29-16(12)19(28)25-10-2-5-20(25)6-8-22-9-7-20/h3-4,11-12,15-17,22,27H,2,5-10H2,1H3,(H2,21,23,24)/t12-,15+,16-,17-/m0/s1. The Balaban J connectivity index is 1.42. The van der Waals surface area contributed by atoms with Crippen molar-refractivity contribution in [3.8, 4) is 0 Å². The molecule has 9 nitrogen and oxygen atoms in total. The van der Waals surface area contributed by atoms with Gasteiger partial charge in [-0.05, 0) is 50.9 Å². The number of aliphatic hydroxyl groups is 1. The topological polar surface area (TPSA) is 118 Å². The fourth-order valence-corrected chi connectivity index (χ4v) is 5.38. The molecule has 0 unspecified atom stereocenters. The first-order valence-electron chi connectivity index (χ1n) is 10.5. The Bertz CT molecular complexity index is 924. The monoisotopic (exact) mass is 400 g/mol. The first-order valence-corrected chi connectivity index (χ1v) is 10.5. The zero-order valence-corrected chi connectivity index (χ0v) is 16.6. The van der Waals surface area contributed by atoms with Gasteiger partial charge >= 0.3 is 0 Å². The molecule has 3 aliphatic rings. The third kappa shape index (κ3) is 2.83. The number of amides is 1. The highest BCUT2D eigenvalue weighted by Crippen LogP contribution is 2.42. The van der Waals surface area contributed by atoms with E-state index in [9.17, 15) is 9.90 Å². The molecule has 0 aliphatic carbocycles. The number of nitrogens with zero attached hydrogens (tertiary/aromatic N) is 4. The lowest BCUT2D eigenvalue weighted by atomic mass is 9.85. The van der Waals surface area contributed by atoms with Crippen LogP contribution in [-0.2, 0) is 9.53 Å². The van der Waals surface area contributed by atoms with Crippen molar-refractivity contribution >= 4 is 17.2 Å². The van der Waals surface area contributed by atoms with Crippen molar-refractivity contribution in [2.75, 3.05) is 25.4 Å². The van der Waals surface area contributed by atoms with Gasteiger partial charge in [-0.25, -0.2) is 9.50 Å². The number of nitrogens with one attached hydrogen (secondary N) is 1. The van der Waals surface area contributed by atoms with Crippen LogP contribution in [0.15, 0.2) is 18.5 Å². The molecular weight excluding hydrogens is 372 g/mol. The zero-order chi connectivity index (χ0) is 20.2. The third-order valence-corrected chi connectivity index (χ3v) is 7.06. The molecule has 1 amide bonds. The van der Waals surface area contributed by atoms with E-state index < -0.39 is 18.3 Å². The molecule has 0 bridgehead atoms. The summed E-state index contributed by atoms with van der Waals surface area (Å²) in [4.78, 5) is 19.6. The number of carbonyl (C=O) groups is 1. The minimum atomic E-state index is -0.801. The van der Waals surface area contributed by atoms with E-state index in [0.717, 1.165) is 45.3 Å². The average Bonchev–Trinajstić information content (AvgIpc) is 3.40. The van der Waals surface area contributed by atoms with Crippen LogP contribution in [0.25, 0.3) is 5.52 Å². The van der Waals surface area contributed by atoms with Gasteiger partial charge < -0.3 is 25.8 Å². The maximum Gasteiger partial charge on any atom is 0.252 e. The van der Waals surface area contributed by atoms with E-state index >= 15 is 0 Å². The number of hydrogen-bond acceptors (Lipinski definition) is 7. The molecule has 5 heterocycles. The number of likely N-dealkylation sites (tertiary alicyclic amines) is 1. The third-order valence-electron chi connectivity index (χ3n) is 7.06. The molecule has 2 aromatic heterocycles. The maximum absolute atomic E-state index is 13.5. The minimum Gasteiger partial charge on any atom is -0.390 e. The summed E-state index contributed by atoms with van der Waals surface area (Å²) in [5, 5.41) is 18.6. The quantitative estimate of drug-likeness (QED) is 0.671.